The molecule has 10 heteroatoms. The van der Waals surface area contributed by atoms with Gasteiger partial charge in [-0.05, 0) is 63.6 Å². The van der Waals surface area contributed by atoms with Crippen molar-refractivity contribution < 1.29 is 32.2 Å². The SMILES string of the molecule is CCOc1ccc(CN(C)C(=O)COC(=O)c2ccc(OC)c(S(=O)(=O)NC(C)(C)C)c2)cc1. The van der Waals surface area contributed by atoms with E-state index in [1.165, 1.54) is 30.2 Å². The summed E-state index contributed by atoms with van der Waals surface area (Å²) in [6.07, 6.45) is 0. The van der Waals surface area contributed by atoms with Crippen LogP contribution >= 0.6 is 0 Å². The number of hydrogen-bond acceptors (Lipinski definition) is 7. The zero-order valence-electron chi connectivity index (χ0n) is 20.4. The van der Waals surface area contributed by atoms with Crippen LogP contribution in [0.1, 0.15) is 43.6 Å². The van der Waals surface area contributed by atoms with Gasteiger partial charge in [0.05, 0.1) is 19.3 Å². The summed E-state index contributed by atoms with van der Waals surface area (Å²) in [5, 5.41) is 0. The second-order valence-electron chi connectivity index (χ2n) is 8.62. The van der Waals surface area contributed by atoms with Gasteiger partial charge in [-0.1, -0.05) is 12.1 Å². The number of hydrogen-bond donors (Lipinski definition) is 1. The van der Waals surface area contributed by atoms with Crippen LogP contribution in [0, 0.1) is 0 Å². The molecule has 0 aliphatic rings. The van der Waals surface area contributed by atoms with E-state index < -0.39 is 34.0 Å². The first-order chi connectivity index (χ1) is 15.9. The molecule has 186 valence electrons. The van der Waals surface area contributed by atoms with E-state index in [9.17, 15) is 18.0 Å². The topological polar surface area (TPSA) is 111 Å². The Morgan fingerprint density at radius 1 is 1.06 bits per heavy atom. The third kappa shape index (κ3) is 7.74. The summed E-state index contributed by atoms with van der Waals surface area (Å²) in [4.78, 5) is 26.2. The summed E-state index contributed by atoms with van der Waals surface area (Å²) in [6.45, 7) is 7.40. The Labute approximate surface area is 201 Å². The number of amides is 1. The molecule has 0 saturated carbocycles. The van der Waals surface area contributed by atoms with E-state index in [0.29, 0.717) is 13.2 Å². The molecule has 1 amide bonds. The second kappa shape index (κ2) is 11.3. The van der Waals surface area contributed by atoms with Crippen LogP contribution < -0.4 is 14.2 Å². The Morgan fingerprint density at radius 3 is 2.26 bits per heavy atom. The van der Waals surface area contributed by atoms with Crippen LogP contribution in [-0.2, 0) is 26.1 Å². The molecule has 0 spiro atoms. The van der Waals surface area contributed by atoms with Crippen LogP contribution in [0.2, 0.25) is 0 Å². The fraction of sp³-hybridized carbons (Fsp3) is 0.417. The van der Waals surface area contributed by atoms with Gasteiger partial charge >= 0.3 is 5.97 Å². The number of benzene rings is 2. The van der Waals surface area contributed by atoms with E-state index in [1.54, 1.807) is 27.8 Å². The molecule has 0 unspecified atom stereocenters. The number of methoxy groups -OCH3 is 1. The van der Waals surface area contributed by atoms with Crippen LogP contribution in [0.4, 0.5) is 0 Å². The minimum atomic E-state index is -3.97. The number of rotatable bonds is 10. The lowest BCUT2D eigenvalue weighted by molar-refractivity contribution is -0.133. The number of sulfonamides is 1. The van der Waals surface area contributed by atoms with Crippen LogP contribution in [0.3, 0.4) is 0 Å². The van der Waals surface area contributed by atoms with E-state index >= 15 is 0 Å². The van der Waals surface area contributed by atoms with Crippen molar-refractivity contribution in [3.63, 3.8) is 0 Å². The van der Waals surface area contributed by atoms with E-state index in [0.717, 1.165) is 11.3 Å². The number of esters is 1. The van der Waals surface area contributed by atoms with Gasteiger partial charge in [-0.25, -0.2) is 17.9 Å². The highest BCUT2D eigenvalue weighted by Crippen LogP contribution is 2.26. The predicted molar refractivity (Wildman–Crippen MR) is 127 cm³/mol. The van der Waals surface area contributed by atoms with Gasteiger partial charge in [-0.3, -0.25) is 4.79 Å². The van der Waals surface area contributed by atoms with Crippen molar-refractivity contribution in [2.75, 3.05) is 27.4 Å². The average molecular weight is 493 g/mol. The number of carbonyl (C=O) groups is 2. The minimum absolute atomic E-state index is 0.0166. The van der Waals surface area contributed by atoms with Crippen LogP contribution in [0.15, 0.2) is 47.4 Å². The van der Waals surface area contributed by atoms with Crippen molar-refractivity contribution in [2.24, 2.45) is 0 Å². The smallest absolute Gasteiger partial charge is 0.338 e. The molecule has 2 rings (SSSR count). The third-order valence-corrected chi connectivity index (χ3v) is 6.32. The zero-order chi connectivity index (χ0) is 25.5. The Hall–Kier alpha value is -3.11. The van der Waals surface area contributed by atoms with E-state index in [1.807, 2.05) is 31.2 Å². The van der Waals surface area contributed by atoms with Crippen LogP contribution in [0.5, 0.6) is 11.5 Å². The van der Waals surface area contributed by atoms with Gasteiger partial charge in [0.2, 0.25) is 10.0 Å². The molecule has 0 aliphatic heterocycles. The molecule has 1 N–H and O–H groups in total. The molecule has 0 aliphatic carbocycles. The predicted octanol–water partition coefficient (Wildman–Crippen LogP) is 2.99. The summed E-state index contributed by atoms with van der Waals surface area (Å²) >= 11 is 0. The minimum Gasteiger partial charge on any atom is -0.495 e. The Morgan fingerprint density at radius 2 is 1.71 bits per heavy atom. The first-order valence-electron chi connectivity index (χ1n) is 10.7. The van der Waals surface area contributed by atoms with Crippen molar-refractivity contribution in [2.45, 2.75) is 44.7 Å². The monoisotopic (exact) mass is 492 g/mol. The molecular weight excluding hydrogens is 460 g/mol. The molecular formula is C24H32N2O7S. The van der Waals surface area contributed by atoms with Crippen molar-refractivity contribution >= 4 is 21.9 Å². The lowest BCUT2D eigenvalue weighted by Gasteiger charge is -2.21. The van der Waals surface area contributed by atoms with Gasteiger partial charge in [0, 0.05) is 19.1 Å². The standard InChI is InChI=1S/C24H32N2O7S/c1-7-32-19-11-8-17(9-12-19)15-26(5)22(27)16-33-23(28)18-10-13-20(31-6)21(14-18)34(29,30)25-24(2,3)4/h8-14,25H,7,15-16H2,1-6H3. The quantitative estimate of drug-likeness (QED) is 0.508. The maximum atomic E-state index is 12.8. The fourth-order valence-electron chi connectivity index (χ4n) is 3.01. The van der Waals surface area contributed by atoms with Crippen molar-refractivity contribution in [1.29, 1.82) is 0 Å². The highest BCUT2D eigenvalue weighted by Gasteiger charge is 2.27. The first-order valence-corrected chi connectivity index (χ1v) is 12.2. The van der Waals surface area contributed by atoms with E-state index in [4.69, 9.17) is 14.2 Å². The first kappa shape index (κ1) is 27.1. The Balaban J connectivity index is 2.05. The molecule has 2 aromatic carbocycles. The number of ether oxygens (including phenoxy) is 3. The van der Waals surface area contributed by atoms with Gasteiger partial charge in [0.25, 0.3) is 5.91 Å². The van der Waals surface area contributed by atoms with Crippen molar-refractivity contribution in [3.05, 3.63) is 53.6 Å². The Bertz CT molecular complexity index is 1110. The van der Waals surface area contributed by atoms with Crippen LogP contribution in [0.25, 0.3) is 0 Å². The normalized spacial score (nSPS) is 11.6. The lowest BCUT2D eigenvalue weighted by atomic mass is 10.1. The van der Waals surface area contributed by atoms with E-state index in [-0.39, 0.29) is 16.2 Å². The van der Waals surface area contributed by atoms with Gasteiger partial charge in [-0.2, -0.15) is 0 Å². The summed E-state index contributed by atoms with van der Waals surface area (Å²) < 4.78 is 43.8. The second-order valence-corrected chi connectivity index (χ2v) is 10.3. The number of nitrogens with one attached hydrogen (secondary N) is 1. The molecule has 34 heavy (non-hydrogen) atoms. The van der Waals surface area contributed by atoms with Crippen LogP contribution in [-0.4, -0.2) is 58.1 Å². The fourth-order valence-corrected chi connectivity index (χ4v) is 4.63. The van der Waals surface area contributed by atoms with Gasteiger partial charge in [0.15, 0.2) is 6.61 Å². The number of likely N-dealkylation sites (N-methyl/N-ethyl adjacent to an activating group) is 1. The molecule has 0 radical (unpaired) electrons. The Kier molecular flexibility index (Phi) is 9.06. The summed E-state index contributed by atoms with van der Waals surface area (Å²) in [6, 6.07) is 11.3. The summed E-state index contributed by atoms with van der Waals surface area (Å²) in [7, 11) is -1.03. The molecule has 0 bridgehead atoms. The van der Waals surface area contributed by atoms with Crippen molar-refractivity contribution in [3.8, 4) is 11.5 Å². The molecule has 9 nitrogen and oxygen atoms in total. The third-order valence-electron chi connectivity index (χ3n) is 4.54. The molecule has 0 heterocycles. The average Bonchev–Trinajstić information content (AvgIpc) is 2.76. The van der Waals surface area contributed by atoms with Gasteiger partial charge < -0.3 is 19.1 Å². The van der Waals surface area contributed by atoms with Gasteiger partial charge in [-0.15, -0.1) is 0 Å². The molecule has 0 atom stereocenters. The molecule has 2 aromatic rings. The molecule has 0 aromatic heterocycles. The maximum Gasteiger partial charge on any atom is 0.338 e. The molecule has 0 fully saturated rings. The molecule has 0 saturated heterocycles. The summed E-state index contributed by atoms with van der Waals surface area (Å²) in [5.41, 5.74) is 0.139. The number of nitrogens with zero attached hydrogens (tertiary/aromatic N) is 1. The zero-order valence-corrected chi connectivity index (χ0v) is 21.2. The number of carbonyl (C=O) groups excluding carboxylic acids is 2. The lowest BCUT2D eigenvalue weighted by Crippen LogP contribution is -2.40. The highest BCUT2D eigenvalue weighted by atomic mass is 32.2. The highest BCUT2D eigenvalue weighted by molar-refractivity contribution is 7.89. The largest absolute Gasteiger partial charge is 0.495 e. The van der Waals surface area contributed by atoms with Gasteiger partial charge in [0.1, 0.15) is 16.4 Å². The van der Waals surface area contributed by atoms with Crippen molar-refractivity contribution in [1.82, 2.24) is 9.62 Å². The maximum absolute atomic E-state index is 12.8. The summed E-state index contributed by atoms with van der Waals surface area (Å²) in [5.74, 6) is -0.400. The van der Waals surface area contributed by atoms with E-state index in [2.05, 4.69) is 4.72 Å².